The molecule has 0 saturated heterocycles. The van der Waals surface area contributed by atoms with E-state index in [1.807, 2.05) is 6.92 Å². The number of carbonyl (C=O) groups excluding carboxylic acids is 1. The Morgan fingerprint density at radius 1 is 1.50 bits per heavy atom. The Hall–Kier alpha value is -1.35. The van der Waals surface area contributed by atoms with Gasteiger partial charge in [-0.3, -0.25) is 0 Å². The van der Waals surface area contributed by atoms with Crippen molar-refractivity contribution in [1.29, 1.82) is 0 Å². The molecule has 0 bridgehead atoms. The van der Waals surface area contributed by atoms with Crippen molar-refractivity contribution in [2.45, 2.75) is 32.2 Å². The third kappa shape index (κ3) is 8.76. The van der Waals surface area contributed by atoms with Crippen LogP contribution in [-0.4, -0.2) is 41.2 Å². The van der Waals surface area contributed by atoms with Crippen molar-refractivity contribution in [3.8, 4) is 12.3 Å². The lowest BCUT2D eigenvalue weighted by atomic mass is 10.1. The van der Waals surface area contributed by atoms with Gasteiger partial charge in [0, 0.05) is 12.3 Å². The second-order valence-electron chi connectivity index (χ2n) is 3.69. The molecule has 6 heteroatoms. The van der Waals surface area contributed by atoms with Crippen LogP contribution in [0.3, 0.4) is 0 Å². The molecule has 2 amide bonds. The Bertz CT molecular complexity index is 302. The predicted octanol–water partition coefficient (Wildman–Crippen LogP) is 1.30. The maximum Gasteiger partial charge on any atom is 0.326 e. The molecule has 0 aromatic heterocycles. The number of amides is 2. The normalized spacial score (nSPS) is 11.3. The molecule has 0 heterocycles. The predicted molar refractivity (Wildman–Crippen MR) is 73.6 cm³/mol. The largest absolute Gasteiger partial charge is 0.480 e. The molecule has 0 aromatic carbocycles. The van der Waals surface area contributed by atoms with Crippen molar-refractivity contribution in [3.05, 3.63) is 0 Å². The van der Waals surface area contributed by atoms with Gasteiger partial charge in [0.05, 0.1) is 5.75 Å². The summed E-state index contributed by atoms with van der Waals surface area (Å²) < 4.78 is 0. The minimum absolute atomic E-state index is 0.445. The second-order valence-corrected chi connectivity index (χ2v) is 4.80. The van der Waals surface area contributed by atoms with Gasteiger partial charge in [-0.05, 0) is 6.42 Å². The standard InChI is InChI=1S/C12H20N2O3S/c1-3-5-6-10(11(15)16)14-12(17)13-7-9-18-8-4-2/h2,10H,3,5-9H2,1H3,(H,15,16)(H2,13,14,17)/t10-/m0/s1. The van der Waals surface area contributed by atoms with Gasteiger partial charge in [0.25, 0.3) is 0 Å². The van der Waals surface area contributed by atoms with E-state index in [2.05, 4.69) is 16.6 Å². The molecular formula is C12H20N2O3S. The van der Waals surface area contributed by atoms with Gasteiger partial charge in [-0.25, -0.2) is 9.59 Å². The number of terminal acetylenes is 1. The Balaban J connectivity index is 3.81. The molecule has 18 heavy (non-hydrogen) atoms. The van der Waals surface area contributed by atoms with Crippen LogP contribution in [0.4, 0.5) is 4.79 Å². The molecule has 1 atom stereocenters. The molecule has 3 N–H and O–H groups in total. The molecular weight excluding hydrogens is 252 g/mol. The number of unbranched alkanes of at least 4 members (excludes halogenated alkanes) is 1. The second kappa shape index (κ2) is 10.8. The third-order valence-corrected chi connectivity index (χ3v) is 3.03. The van der Waals surface area contributed by atoms with Gasteiger partial charge in [-0.2, -0.15) is 0 Å². The highest BCUT2D eigenvalue weighted by Crippen LogP contribution is 2.00. The number of carboxylic acids is 1. The number of hydrogen-bond donors (Lipinski definition) is 3. The number of rotatable bonds is 9. The molecule has 0 unspecified atom stereocenters. The number of nitrogens with one attached hydrogen (secondary N) is 2. The van der Waals surface area contributed by atoms with Gasteiger partial charge in [0.2, 0.25) is 0 Å². The molecule has 0 rings (SSSR count). The first kappa shape index (κ1) is 16.6. The van der Waals surface area contributed by atoms with Crippen molar-refractivity contribution in [3.63, 3.8) is 0 Å². The molecule has 0 aliphatic carbocycles. The summed E-state index contributed by atoms with van der Waals surface area (Å²) in [4.78, 5) is 22.3. The number of carboxylic acid groups (broad SMARTS) is 1. The number of urea groups is 1. The van der Waals surface area contributed by atoms with Crippen LogP contribution >= 0.6 is 11.8 Å². The summed E-state index contributed by atoms with van der Waals surface area (Å²) >= 11 is 1.54. The van der Waals surface area contributed by atoms with Crippen molar-refractivity contribution < 1.29 is 14.7 Å². The van der Waals surface area contributed by atoms with E-state index in [0.29, 0.717) is 24.5 Å². The lowest BCUT2D eigenvalue weighted by molar-refractivity contribution is -0.139. The van der Waals surface area contributed by atoms with Gasteiger partial charge < -0.3 is 15.7 Å². The highest BCUT2D eigenvalue weighted by Gasteiger charge is 2.18. The Morgan fingerprint density at radius 3 is 2.78 bits per heavy atom. The van der Waals surface area contributed by atoms with Crippen LogP contribution in [0.5, 0.6) is 0 Å². The zero-order valence-electron chi connectivity index (χ0n) is 10.6. The summed E-state index contributed by atoms with van der Waals surface area (Å²) in [5.41, 5.74) is 0. The van der Waals surface area contributed by atoms with E-state index in [4.69, 9.17) is 11.5 Å². The maximum atomic E-state index is 11.4. The van der Waals surface area contributed by atoms with Crippen LogP contribution in [0.1, 0.15) is 26.2 Å². The lowest BCUT2D eigenvalue weighted by Gasteiger charge is -2.14. The molecule has 0 aromatic rings. The van der Waals surface area contributed by atoms with E-state index in [1.54, 1.807) is 0 Å². The summed E-state index contributed by atoms with van der Waals surface area (Å²) in [6.07, 6.45) is 7.20. The monoisotopic (exact) mass is 272 g/mol. The number of hydrogen-bond acceptors (Lipinski definition) is 3. The zero-order chi connectivity index (χ0) is 13.8. The molecule has 102 valence electrons. The molecule has 0 saturated carbocycles. The van der Waals surface area contributed by atoms with Crippen molar-refractivity contribution in [2.24, 2.45) is 0 Å². The van der Waals surface area contributed by atoms with Crippen LogP contribution in [0.25, 0.3) is 0 Å². The van der Waals surface area contributed by atoms with Gasteiger partial charge in [-0.1, -0.05) is 25.7 Å². The number of carbonyl (C=O) groups is 2. The SMILES string of the molecule is C#CCSCCNC(=O)N[C@@H](CCCC)C(=O)O. The molecule has 0 spiro atoms. The van der Waals surface area contributed by atoms with Gasteiger partial charge in [0.15, 0.2) is 0 Å². The Morgan fingerprint density at radius 2 is 2.22 bits per heavy atom. The van der Waals surface area contributed by atoms with Gasteiger partial charge in [0.1, 0.15) is 6.04 Å². The minimum Gasteiger partial charge on any atom is -0.480 e. The Labute approximate surface area is 112 Å². The Kier molecular flexibility index (Phi) is 9.97. The smallest absolute Gasteiger partial charge is 0.326 e. The van der Waals surface area contributed by atoms with E-state index in [0.717, 1.165) is 12.8 Å². The highest BCUT2D eigenvalue weighted by atomic mass is 32.2. The fourth-order valence-electron chi connectivity index (χ4n) is 1.24. The fraction of sp³-hybridized carbons (Fsp3) is 0.667. The average molecular weight is 272 g/mol. The van der Waals surface area contributed by atoms with Crippen molar-refractivity contribution in [1.82, 2.24) is 10.6 Å². The number of aliphatic carboxylic acids is 1. The summed E-state index contributed by atoms with van der Waals surface area (Å²) in [6, 6.07) is -1.26. The first-order valence-electron chi connectivity index (χ1n) is 5.90. The molecule has 0 fully saturated rings. The molecule has 5 nitrogen and oxygen atoms in total. The summed E-state index contributed by atoms with van der Waals surface area (Å²) in [6.45, 7) is 2.44. The van der Waals surface area contributed by atoms with Crippen LogP contribution in [-0.2, 0) is 4.79 Å². The first-order valence-corrected chi connectivity index (χ1v) is 7.05. The summed E-state index contributed by atoms with van der Waals surface area (Å²) in [5.74, 6) is 2.80. The first-order chi connectivity index (χ1) is 8.61. The summed E-state index contributed by atoms with van der Waals surface area (Å²) in [5, 5.41) is 14.0. The van der Waals surface area contributed by atoms with E-state index in [-0.39, 0.29) is 0 Å². The van der Waals surface area contributed by atoms with Crippen LogP contribution in [0, 0.1) is 12.3 Å². The van der Waals surface area contributed by atoms with E-state index < -0.39 is 18.0 Å². The maximum absolute atomic E-state index is 11.4. The van der Waals surface area contributed by atoms with E-state index in [9.17, 15) is 9.59 Å². The fourth-order valence-corrected chi connectivity index (χ4v) is 1.75. The van der Waals surface area contributed by atoms with Gasteiger partial charge >= 0.3 is 12.0 Å². The van der Waals surface area contributed by atoms with Crippen molar-refractivity contribution >= 4 is 23.8 Å². The molecule has 0 aliphatic heterocycles. The zero-order valence-corrected chi connectivity index (χ0v) is 11.4. The minimum atomic E-state index is -1.000. The van der Waals surface area contributed by atoms with E-state index >= 15 is 0 Å². The third-order valence-electron chi connectivity index (χ3n) is 2.17. The van der Waals surface area contributed by atoms with Crippen LogP contribution < -0.4 is 10.6 Å². The average Bonchev–Trinajstić information content (AvgIpc) is 2.33. The van der Waals surface area contributed by atoms with Gasteiger partial charge in [-0.15, -0.1) is 18.2 Å². The quantitative estimate of drug-likeness (QED) is 0.436. The van der Waals surface area contributed by atoms with Crippen molar-refractivity contribution in [2.75, 3.05) is 18.1 Å². The van der Waals surface area contributed by atoms with Crippen LogP contribution in [0.2, 0.25) is 0 Å². The molecule has 0 radical (unpaired) electrons. The topological polar surface area (TPSA) is 78.4 Å². The highest BCUT2D eigenvalue weighted by molar-refractivity contribution is 7.99. The van der Waals surface area contributed by atoms with Crippen LogP contribution in [0.15, 0.2) is 0 Å². The molecule has 0 aliphatic rings. The number of thioether (sulfide) groups is 1. The lowest BCUT2D eigenvalue weighted by Crippen LogP contribution is -2.46. The van der Waals surface area contributed by atoms with E-state index in [1.165, 1.54) is 11.8 Å². The summed E-state index contributed by atoms with van der Waals surface area (Å²) in [7, 11) is 0.